The first kappa shape index (κ1) is 10.5. The van der Waals surface area contributed by atoms with E-state index in [0.29, 0.717) is 17.7 Å². The van der Waals surface area contributed by atoms with Crippen LogP contribution in [0.5, 0.6) is 0 Å². The third kappa shape index (κ3) is 1.11. The second-order valence-corrected chi connectivity index (χ2v) is 3.59. The van der Waals surface area contributed by atoms with Crippen LogP contribution in [0.1, 0.15) is 6.92 Å². The number of rotatable bonds is 1. The number of aromatic nitrogens is 4. The monoisotopic (exact) mass is 223 g/mol. The summed E-state index contributed by atoms with van der Waals surface area (Å²) < 4.78 is 3.98. The highest BCUT2D eigenvalue weighted by atomic mass is 16.2. The molecular formula is C9H13N5O2. The van der Waals surface area contributed by atoms with Gasteiger partial charge in [-0.15, -0.1) is 0 Å². The Balaban J connectivity index is 3.17. The lowest BCUT2D eigenvalue weighted by atomic mass is 10.5. The predicted octanol–water partition coefficient (Wildman–Crippen LogP) is -0.964. The largest absolute Gasteiger partial charge is 0.369 e. The van der Waals surface area contributed by atoms with E-state index in [1.54, 1.807) is 7.05 Å². The first-order valence-electron chi connectivity index (χ1n) is 4.90. The molecule has 0 spiro atoms. The van der Waals surface area contributed by atoms with Gasteiger partial charge in [0.15, 0.2) is 11.2 Å². The molecular weight excluding hydrogens is 210 g/mol. The van der Waals surface area contributed by atoms with Gasteiger partial charge < -0.3 is 10.3 Å². The maximum absolute atomic E-state index is 11.9. The summed E-state index contributed by atoms with van der Waals surface area (Å²) in [7, 11) is 3.09. The predicted molar refractivity (Wildman–Crippen MR) is 60.3 cm³/mol. The summed E-state index contributed by atoms with van der Waals surface area (Å²) in [6.45, 7) is 2.26. The van der Waals surface area contributed by atoms with Gasteiger partial charge in [-0.25, -0.2) is 4.79 Å². The molecule has 0 atom stereocenters. The minimum absolute atomic E-state index is 0.222. The first-order chi connectivity index (χ1) is 7.49. The van der Waals surface area contributed by atoms with Crippen LogP contribution in [0.3, 0.4) is 0 Å². The highest BCUT2D eigenvalue weighted by Gasteiger charge is 2.15. The van der Waals surface area contributed by atoms with Gasteiger partial charge in [-0.1, -0.05) is 0 Å². The highest BCUT2D eigenvalue weighted by molar-refractivity contribution is 5.73. The van der Waals surface area contributed by atoms with Crippen LogP contribution in [0.2, 0.25) is 0 Å². The van der Waals surface area contributed by atoms with E-state index < -0.39 is 0 Å². The van der Waals surface area contributed by atoms with Gasteiger partial charge in [0.25, 0.3) is 5.56 Å². The third-order valence-corrected chi connectivity index (χ3v) is 2.71. The van der Waals surface area contributed by atoms with Crippen molar-refractivity contribution >= 4 is 17.1 Å². The van der Waals surface area contributed by atoms with E-state index in [2.05, 4.69) is 4.98 Å². The van der Waals surface area contributed by atoms with Crippen LogP contribution in [0, 0.1) is 0 Å². The van der Waals surface area contributed by atoms with Crippen LogP contribution in [-0.2, 0) is 20.6 Å². The first-order valence-corrected chi connectivity index (χ1v) is 4.90. The number of imidazole rings is 1. The zero-order valence-corrected chi connectivity index (χ0v) is 9.39. The van der Waals surface area contributed by atoms with Gasteiger partial charge in [-0.3, -0.25) is 13.9 Å². The number of hydrogen-bond acceptors (Lipinski definition) is 4. The molecule has 2 rings (SSSR count). The standard InChI is InChI=1S/C9H13N5O2/c1-4-14-6-5(12(2)8(10)11-6)7(15)13(3)9(14)16/h4H2,1-3H3,(H2,10,11). The van der Waals surface area contributed by atoms with Crippen molar-refractivity contribution in [2.75, 3.05) is 5.73 Å². The van der Waals surface area contributed by atoms with Crippen molar-refractivity contribution in [2.45, 2.75) is 13.5 Å². The molecule has 0 bridgehead atoms. The molecule has 0 amide bonds. The molecule has 2 aromatic rings. The fourth-order valence-corrected chi connectivity index (χ4v) is 1.73. The fraction of sp³-hybridized carbons (Fsp3) is 0.444. The van der Waals surface area contributed by atoms with Crippen molar-refractivity contribution in [3.63, 3.8) is 0 Å². The molecule has 7 heteroatoms. The topological polar surface area (TPSA) is 87.8 Å². The number of aryl methyl sites for hydroxylation is 2. The van der Waals surface area contributed by atoms with Gasteiger partial charge in [0.2, 0.25) is 5.95 Å². The molecule has 0 aliphatic rings. The van der Waals surface area contributed by atoms with Crippen LogP contribution >= 0.6 is 0 Å². The van der Waals surface area contributed by atoms with Crippen LogP contribution < -0.4 is 17.0 Å². The summed E-state index contributed by atoms with van der Waals surface area (Å²) in [6.07, 6.45) is 0. The summed E-state index contributed by atoms with van der Waals surface area (Å²) in [4.78, 5) is 27.7. The van der Waals surface area contributed by atoms with Gasteiger partial charge in [-0.05, 0) is 6.92 Å². The molecule has 0 radical (unpaired) electrons. The van der Waals surface area contributed by atoms with E-state index >= 15 is 0 Å². The summed E-state index contributed by atoms with van der Waals surface area (Å²) >= 11 is 0. The van der Waals surface area contributed by atoms with Crippen LogP contribution in [0.15, 0.2) is 9.59 Å². The molecule has 0 aliphatic heterocycles. The fourth-order valence-electron chi connectivity index (χ4n) is 1.73. The van der Waals surface area contributed by atoms with Gasteiger partial charge in [-0.2, -0.15) is 4.98 Å². The van der Waals surface area contributed by atoms with Gasteiger partial charge in [0.05, 0.1) is 0 Å². The lowest BCUT2D eigenvalue weighted by molar-refractivity contribution is 0.651. The Kier molecular flexibility index (Phi) is 2.11. The molecule has 2 aromatic heterocycles. The van der Waals surface area contributed by atoms with Gasteiger partial charge in [0, 0.05) is 20.6 Å². The molecule has 0 fully saturated rings. The van der Waals surface area contributed by atoms with Crippen molar-refractivity contribution in [3.8, 4) is 0 Å². The number of nitrogens with two attached hydrogens (primary N) is 1. The average molecular weight is 223 g/mol. The Morgan fingerprint density at radius 1 is 1.25 bits per heavy atom. The van der Waals surface area contributed by atoms with E-state index in [1.807, 2.05) is 6.92 Å². The number of nitrogen functional groups attached to an aromatic ring is 1. The van der Waals surface area contributed by atoms with Gasteiger partial charge >= 0.3 is 5.69 Å². The Hall–Kier alpha value is -2.05. The van der Waals surface area contributed by atoms with Crippen molar-refractivity contribution in [1.82, 2.24) is 18.7 Å². The number of hydrogen-bond donors (Lipinski definition) is 1. The second-order valence-electron chi connectivity index (χ2n) is 3.59. The summed E-state index contributed by atoms with van der Waals surface area (Å²) in [6, 6.07) is 0. The molecule has 2 heterocycles. The van der Waals surface area contributed by atoms with Crippen molar-refractivity contribution in [2.24, 2.45) is 14.1 Å². The highest BCUT2D eigenvalue weighted by Crippen LogP contribution is 2.10. The minimum atomic E-state index is -0.378. The lowest BCUT2D eigenvalue weighted by Crippen LogP contribution is -2.38. The molecule has 0 saturated heterocycles. The molecule has 0 aliphatic carbocycles. The lowest BCUT2D eigenvalue weighted by Gasteiger charge is -2.05. The molecule has 2 N–H and O–H groups in total. The Morgan fingerprint density at radius 3 is 2.44 bits per heavy atom. The Labute approximate surface area is 90.7 Å². The molecule has 0 aromatic carbocycles. The maximum atomic E-state index is 11.9. The molecule has 0 unspecified atom stereocenters. The zero-order valence-electron chi connectivity index (χ0n) is 9.39. The minimum Gasteiger partial charge on any atom is -0.369 e. The Bertz CT molecular complexity index is 676. The summed E-state index contributed by atoms with van der Waals surface area (Å²) in [5.74, 6) is 0.222. The van der Waals surface area contributed by atoms with Gasteiger partial charge in [0.1, 0.15) is 0 Å². The quantitative estimate of drug-likeness (QED) is 0.674. The van der Waals surface area contributed by atoms with Crippen molar-refractivity contribution in [1.29, 1.82) is 0 Å². The summed E-state index contributed by atoms with van der Waals surface area (Å²) in [5, 5.41) is 0. The van der Waals surface area contributed by atoms with E-state index in [1.165, 1.54) is 16.2 Å². The second kappa shape index (κ2) is 3.22. The van der Waals surface area contributed by atoms with E-state index in [0.717, 1.165) is 4.57 Å². The van der Waals surface area contributed by atoms with Crippen LogP contribution in [0.4, 0.5) is 5.95 Å². The molecule has 86 valence electrons. The van der Waals surface area contributed by atoms with Crippen LogP contribution in [0.25, 0.3) is 11.2 Å². The average Bonchev–Trinajstić information content (AvgIpc) is 2.53. The normalized spacial score (nSPS) is 11.2. The SMILES string of the molecule is CCn1c(=O)n(C)c(=O)c2c1nc(N)n2C. The van der Waals surface area contributed by atoms with Crippen molar-refractivity contribution < 1.29 is 0 Å². The number of fused-ring (bicyclic) bond motifs is 1. The van der Waals surface area contributed by atoms with E-state index in [-0.39, 0.29) is 17.2 Å². The molecule has 0 saturated carbocycles. The Morgan fingerprint density at radius 2 is 1.88 bits per heavy atom. The summed E-state index contributed by atoms with van der Waals surface area (Å²) in [5.41, 5.74) is 5.57. The number of nitrogens with zero attached hydrogens (tertiary/aromatic N) is 4. The third-order valence-electron chi connectivity index (χ3n) is 2.71. The smallest absolute Gasteiger partial charge is 0.332 e. The maximum Gasteiger partial charge on any atom is 0.332 e. The van der Waals surface area contributed by atoms with E-state index in [4.69, 9.17) is 5.73 Å². The van der Waals surface area contributed by atoms with Crippen molar-refractivity contribution in [3.05, 3.63) is 20.8 Å². The zero-order chi connectivity index (χ0) is 12.0. The molecule has 16 heavy (non-hydrogen) atoms. The number of anilines is 1. The van der Waals surface area contributed by atoms with E-state index in [9.17, 15) is 9.59 Å². The van der Waals surface area contributed by atoms with Crippen LogP contribution in [-0.4, -0.2) is 18.7 Å². The molecule has 7 nitrogen and oxygen atoms in total.